The summed E-state index contributed by atoms with van der Waals surface area (Å²) in [6.45, 7) is 3.72. The molecule has 0 amide bonds. The van der Waals surface area contributed by atoms with Gasteiger partial charge in [0.2, 0.25) is 0 Å². The van der Waals surface area contributed by atoms with E-state index in [4.69, 9.17) is 22.1 Å². The van der Waals surface area contributed by atoms with Crippen molar-refractivity contribution in [2.75, 3.05) is 19.8 Å². The van der Waals surface area contributed by atoms with Crippen LogP contribution in [0.25, 0.3) is 0 Å². The zero-order chi connectivity index (χ0) is 13.9. The average molecular weight is 284 g/mol. The van der Waals surface area contributed by atoms with Crippen LogP contribution in [0.4, 0.5) is 0 Å². The molecule has 1 aliphatic heterocycles. The highest BCUT2D eigenvalue weighted by Crippen LogP contribution is 2.42. The maximum absolute atomic E-state index is 10.9. The van der Waals surface area contributed by atoms with Crippen LogP contribution >= 0.6 is 11.6 Å². The molecule has 0 bridgehead atoms. The molecule has 0 aliphatic carbocycles. The van der Waals surface area contributed by atoms with E-state index in [-0.39, 0.29) is 5.41 Å². The predicted octanol–water partition coefficient (Wildman–Crippen LogP) is 2.39. The van der Waals surface area contributed by atoms with E-state index in [1.807, 2.05) is 31.2 Å². The van der Waals surface area contributed by atoms with Gasteiger partial charge in [-0.05, 0) is 37.5 Å². The number of rotatable bonds is 4. The standard InChI is InChI=1S/C15H22ClNO2/c1-14(18,10-12-2-4-13(16)5-3-12)15(11-17)6-8-19-9-7-15/h2-5,18H,6-11,17H2,1H3. The fourth-order valence-electron chi connectivity index (χ4n) is 2.91. The van der Waals surface area contributed by atoms with E-state index < -0.39 is 5.60 Å². The smallest absolute Gasteiger partial charge is 0.0729 e. The first-order chi connectivity index (χ1) is 8.99. The van der Waals surface area contributed by atoms with Crippen molar-refractivity contribution in [2.45, 2.75) is 31.8 Å². The van der Waals surface area contributed by atoms with Crippen LogP contribution < -0.4 is 5.73 Å². The number of halogens is 1. The molecule has 0 radical (unpaired) electrons. The molecule has 0 spiro atoms. The Morgan fingerprint density at radius 1 is 1.32 bits per heavy atom. The number of aliphatic hydroxyl groups is 1. The monoisotopic (exact) mass is 283 g/mol. The van der Waals surface area contributed by atoms with Crippen molar-refractivity contribution in [3.05, 3.63) is 34.9 Å². The van der Waals surface area contributed by atoms with E-state index >= 15 is 0 Å². The molecular formula is C15H22ClNO2. The lowest BCUT2D eigenvalue weighted by atomic mass is 9.65. The van der Waals surface area contributed by atoms with Gasteiger partial charge in [-0.25, -0.2) is 0 Å². The summed E-state index contributed by atoms with van der Waals surface area (Å²) in [5, 5.41) is 11.7. The Morgan fingerprint density at radius 3 is 2.42 bits per heavy atom. The third kappa shape index (κ3) is 3.11. The van der Waals surface area contributed by atoms with Gasteiger partial charge in [-0.15, -0.1) is 0 Å². The minimum atomic E-state index is -0.834. The fourth-order valence-corrected chi connectivity index (χ4v) is 3.04. The van der Waals surface area contributed by atoms with E-state index in [9.17, 15) is 5.11 Å². The first-order valence-corrected chi connectivity index (χ1v) is 7.12. The van der Waals surface area contributed by atoms with Crippen LogP contribution in [0.15, 0.2) is 24.3 Å². The maximum atomic E-state index is 10.9. The second kappa shape index (κ2) is 5.80. The van der Waals surface area contributed by atoms with Crippen LogP contribution in [-0.4, -0.2) is 30.5 Å². The quantitative estimate of drug-likeness (QED) is 0.892. The summed E-state index contributed by atoms with van der Waals surface area (Å²) in [6.07, 6.45) is 2.20. The van der Waals surface area contributed by atoms with Gasteiger partial charge in [-0.3, -0.25) is 0 Å². The third-order valence-corrected chi connectivity index (χ3v) is 4.70. The highest BCUT2D eigenvalue weighted by Gasteiger charge is 2.46. The summed E-state index contributed by atoms with van der Waals surface area (Å²) >= 11 is 5.89. The molecule has 1 atom stereocenters. The summed E-state index contributed by atoms with van der Waals surface area (Å²) < 4.78 is 5.40. The number of hydrogen-bond donors (Lipinski definition) is 2. The van der Waals surface area contributed by atoms with Gasteiger partial charge in [0.1, 0.15) is 0 Å². The molecule has 1 aromatic carbocycles. The Bertz CT molecular complexity index is 411. The van der Waals surface area contributed by atoms with Gasteiger partial charge in [0, 0.05) is 36.6 Å². The van der Waals surface area contributed by atoms with Gasteiger partial charge in [0.05, 0.1) is 5.60 Å². The van der Waals surface area contributed by atoms with Gasteiger partial charge < -0.3 is 15.6 Å². The third-order valence-electron chi connectivity index (χ3n) is 4.44. The van der Waals surface area contributed by atoms with Crippen molar-refractivity contribution in [2.24, 2.45) is 11.1 Å². The van der Waals surface area contributed by atoms with E-state index in [0.717, 1.165) is 18.4 Å². The lowest BCUT2D eigenvalue weighted by Crippen LogP contribution is -2.54. The van der Waals surface area contributed by atoms with E-state index in [1.165, 1.54) is 0 Å². The number of hydrogen-bond acceptors (Lipinski definition) is 3. The second-order valence-electron chi connectivity index (χ2n) is 5.67. The predicted molar refractivity (Wildman–Crippen MR) is 77.3 cm³/mol. The molecule has 0 saturated carbocycles. The first-order valence-electron chi connectivity index (χ1n) is 6.74. The number of ether oxygens (including phenoxy) is 1. The Hall–Kier alpha value is -0.610. The molecule has 1 aromatic rings. The molecule has 1 unspecified atom stereocenters. The second-order valence-corrected chi connectivity index (χ2v) is 6.11. The normalized spacial score (nSPS) is 21.9. The number of nitrogens with two attached hydrogens (primary N) is 1. The molecular weight excluding hydrogens is 262 g/mol. The zero-order valence-corrected chi connectivity index (χ0v) is 12.1. The Balaban J connectivity index is 2.17. The first kappa shape index (κ1) is 14.8. The number of benzene rings is 1. The summed E-state index contributed by atoms with van der Waals surface area (Å²) in [4.78, 5) is 0. The Morgan fingerprint density at radius 2 is 1.89 bits per heavy atom. The zero-order valence-electron chi connectivity index (χ0n) is 11.4. The van der Waals surface area contributed by atoms with Crippen LogP contribution in [0.2, 0.25) is 5.02 Å². The highest BCUT2D eigenvalue weighted by atomic mass is 35.5. The fraction of sp³-hybridized carbons (Fsp3) is 0.600. The van der Waals surface area contributed by atoms with Crippen LogP contribution in [0.3, 0.4) is 0 Å². The molecule has 1 heterocycles. The van der Waals surface area contributed by atoms with E-state index in [1.54, 1.807) is 0 Å². The van der Waals surface area contributed by atoms with Crippen LogP contribution in [0.1, 0.15) is 25.3 Å². The molecule has 2 rings (SSSR count). The van der Waals surface area contributed by atoms with Gasteiger partial charge in [-0.1, -0.05) is 23.7 Å². The van der Waals surface area contributed by atoms with Gasteiger partial charge in [0.15, 0.2) is 0 Å². The molecule has 1 fully saturated rings. The Kier molecular flexibility index (Phi) is 4.51. The van der Waals surface area contributed by atoms with Crippen molar-refractivity contribution >= 4 is 11.6 Å². The molecule has 106 valence electrons. The van der Waals surface area contributed by atoms with Crippen LogP contribution in [0.5, 0.6) is 0 Å². The SMILES string of the molecule is CC(O)(Cc1ccc(Cl)cc1)C1(CN)CCOCC1. The molecule has 4 heteroatoms. The summed E-state index contributed by atoms with van der Waals surface area (Å²) in [7, 11) is 0. The molecule has 1 aliphatic rings. The summed E-state index contributed by atoms with van der Waals surface area (Å²) in [5.74, 6) is 0. The van der Waals surface area contributed by atoms with Crippen molar-refractivity contribution < 1.29 is 9.84 Å². The average Bonchev–Trinajstić information content (AvgIpc) is 2.42. The molecule has 3 nitrogen and oxygen atoms in total. The Labute approximate surface area is 119 Å². The lowest BCUT2D eigenvalue weighted by molar-refractivity contribution is -0.117. The van der Waals surface area contributed by atoms with Crippen LogP contribution in [-0.2, 0) is 11.2 Å². The topological polar surface area (TPSA) is 55.5 Å². The molecule has 1 saturated heterocycles. The largest absolute Gasteiger partial charge is 0.389 e. The van der Waals surface area contributed by atoms with Crippen molar-refractivity contribution in [1.82, 2.24) is 0 Å². The van der Waals surface area contributed by atoms with Crippen molar-refractivity contribution in [1.29, 1.82) is 0 Å². The molecule has 0 aromatic heterocycles. The molecule has 19 heavy (non-hydrogen) atoms. The molecule has 3 N–H and O–H groups in total. The van der Waals surface area contributed by atoms with Crippen LogP contribution in [0, 0.1) is 5.41 Å². The van der Waals surface area contributed by atoms with Gasteiger partial charge in [0.25, 0.3) is 0 Å². The summed E-state index contributed by atoms with van der Waals surface area (Å²) in [6, 6.07) is 7.62. The maximum Gasteiger partial charge on any atom is 0.0729 e. The van der Waals surface area contributed by atoms with Gasteiger partial charge >= 0.3 is 0 Å². The van der Waals surface area contributed by atoms with E-state index in [2.05, 4.69) is 0 Å². The summed E-state index contributed by atoms with van der Waals surface area (Å²) in [5.41, 5.74) is 5.95. The van der Waals surface area contributed by atoms with Gasteiger partial charge in [-0.2, -0.15) is 0 Å². The van der Waals surface area contributed by atoms with E-state index in [0.29, 0.717) is 31.2 Å². The lowest BCUT2D eigenvalue weighted by Gasteiger charge is -2.47. The highest BCUT2D eigenvalue weighted by molar-refractivity contribution is 6.30. The van der Waals surface area contributed by atoms with Crippen molar-refractivity contribution in [3.63, 3.8) is 0 Å². The van der Waals surface area contributed by atoms with Crippen molar-refractivity contribution in [3.8, 4) is 0 Å². The minimum Gasteiger partial charge on any atom is -0.389 e. The minimum absolute atomic E-state index is 0.259.